The van der Waals surface area contributed by atoms with E-state index in [4.69, 9.17) is 0 Å². The zero-order chi connectivity index (χ0) is 10.2. The lowest BCUT2D eigenvalue weighted by Gasteiger charge is -2.14. The highest BCUT2D eigenvalue weighted by molar-refractivity contribution is 5.77. The molecule has 0 bridgehead atoms. The van der Waals surface area contributed by atoms with Gasteiger partial charge in [0.25, 0.3) is 0 Å². The molecular formula is C12H21NO. The summed E-state index contributed by atoms with van der Waals surface area (Å²) in [4.78, 5) is 11.7. The molecule has 0 aliphatic heterocycles. The molecule has 2 aliphatic carbocycles. The van der Waals surface area contributed by atoms with Gasteiger partial charge in [0, 0.05) is 12.5 Å². The van der Waals surface area contributed by atoms with Gasteiger partial charge >= 0.3 is 0 Å². The summed E-state index contributed by atoms with van der Waals surface area (Å²) in [7, 11) is 0. The first kappa shape index (κ1) is 10.0. The van der Waals surface area contributed by atoms with Crippen LogP contribution in [0.2, 0.25) is 0 Å². The molecule has 80 valence electrons. The molecule has 1 N–H and O–H groups in total. The van der Waals surface area contributed by atoms with E-state index in [-0.39, 0.29) is 5.91 Å². The van der Waals surface area contributed by atoms with E-state index in [0.29, 0.717) is 11.5 Å². The third-order valence-electron chi connectivity index (χ3n) is 3.75. The van der Waals surface area contributed by atoms with E-state index >= 15 is 0 Å². The maximum atomic E-state index is 11.7. The molecule has 14 heavy (non-hydrogen) atoms. The largest absolute Gasteiger partial charge is 0.353 e. The summed E-state index contributed by atoms with van der Waals surface area (Å²) in [5, 5.41) is 3.17. The van der Waals surface area contributed by atoms with E-state index in [1.807, 2.05) is 0 Å². The summed E-state index contributed by atoms with van der Waals surface area (Å²) in [6, 6.07) is 0.472. The number of rotatable bonds is 3. The topological polar surface area (TPSA) is 29.1 Å². The van der Waals surface area contributed by atoms with Gasteiger partial charge in [0.1, 0.15) is 0 Å². The Bertz CT molecular complexity index is 232. The zero-order valence-electron chi connectivity index (χ0n) is 9.31. The molecule has 2 saturated carbocycles. The van der Waals surface area contributed by atoms with Crippen LogP contribution in [0, 0.1) is 11.3 Å². The Balaban J connectivity index is 1.72. The number of amides is 1. The second kappa shape index (κ2) is 3.56. The van der Waals surface area contributed by atoms with E-state index in [2.05, 4.69) is 19.2 Å². The third kappa shape index (κ3) is 2.49. The van der Waals surface area contributed by atoms with Crippen molar-refractivity contribution < 1.29 is 4.79 Å². The van der Waals surface area contributed by atoms with Gasteiger partial charge in [0.15, 0.2) is 0 Å². The number of hydrogen-bond donors (Lipinski definition) is 1. The highest BCUT2D eigenvalue weighted by Gasteiger charge is 2.39. The maximum absolute atomic E-state index is 11.7. The van der Waals surface area contributed by atoms with Gasteiger partial charge in [0.2, 0.25) is 5.91 Å². The maximum Gasteiger partial charge on any atom is 0.220 e. The fourth-order valence-electron chi connectivity index (χ4n) is 2.39. The summed E-state index contributed by atoms with van der Waals surface area (Å²) in [5.41, 5.74) is 0.355. The predicted molar refractivity (Wildman–Crippen MR) is 56.9 cm³/mol. The molecule has 1 amide bonds. The summed E-state index contributed by atoms with van der Waals surface area (Å²) in [6.45, 7) is 4.48. The lowest BCUT2D eigenvalue weighted by atomic mass is 10.0. The van der Waals surface area contributed by atoms with Crippen LogP contribution in [0.5, 0.6) is 0 Å². The molecule has 0 aromatic carbocycles. The van der Waals surface area contributed by atoms with E-state index in [1.54, 1.807) is 0 Å². The molecule has 2 nitrogen and oxygen atoms in total. The number of hydrogen-bond acceptors (Lipinski definition) is 1. The molecule has 0 heterocycles. The van der Waals surface area contributed by atoms with Gasteiger partial charge in [-0.25, -0.2) is 0 Å². The van der Waals surface area contributed by atoms with Crippen LogP contribution in [0.15, 0.2) is 0 Å². The minimum atomic E-state index is 0.282. The fourth-order valence-corrected chi connectivity index (χ4v) is 2.39. The Morgan fingerprint density at radius 2 is 2.14 bits per heavy atom. The summed E-state index contributed by atoms with van der Waals surface area (Å²) in [6.07, 6.45) is 6.87. The minimum absolute atomic E-state index is 0.282. The van der Waals surface area contributed by atoms with Gasteiger partial charge in [-0.1, -0.05) is 13.8 Å². The van der Waals surface area contributed by atoms with Crippen LogP contribution in [0.4, 0.5) is 0 Å². The van der Waals surface area contributed by atoms with Crippen molar-refractivity contribution in [3.05, 3.63) is 0 Å². The molecule has 2 rings (SSSR count). The quantitative estimate of drug-likeness (QED) is 0.736. The van der Waals surface area contributed by atoms with E-state index in [1.165, 1.54) is 32.1 Å². The van der Waals surface area contributed by atoms with Crippen molar-refractivity contribution in [1.29, 1.82) is 0 Å². The Kier molecular flexibility index (Phi) is 2.54. The van der Waals surface area contributed by atoms with Crippen LogP contribution in [0.3, 0.4) is 0 Å². The average Bonchev–Trinajstić information content (AvgIpc) is 2.64. The van der Waals surface area contributed by atoms with Gasteiger partial charge < -0.3 is 5.32 Å². The Morgan fingerprint density at radius 1 is 1.43 bits per heavy atom. The number of nitrogens with one attached hydrogen (secondary N) is 1. The predicted octanol–water partition coefficient (Wildman–Crippen LogP) is 2.48. The molecule has 2 heteroatoms. The lowest BCUT2D eigenvalue weighted by molar-refractivity contribution is -0.122. The lowest BCUT2D eigenvalue weighted by Crippen LogP contribution is -2.33. The summed E-state index contributed by atoms with van der Waals surface area (Å²) < 4.78 is 0. The zero-order valence-corrected chi connectivity index (χ0v) is 9.31. The van der Waals surface area contributed by atoms with Gasteiger partial charge in [-0.2, -0.15) is 0 Å². The summed E-state index contributed by atoms with van der Waals surface area (Å²) >= 11 is 0. The first-order chi connectivity index (χ1) is 6.57. The molecular weight excluding hydrogens is 174 g/mol. The van der Waals surface area contributed by atoms with Crippen LogP contribution in [-0.2, 0) is 4.79 Å². The standard InChI is InChI=1S/C12H21NO/c1-9-3-4-10(7-9)13-11(14)8-12(2)5-6-12/h9-10H,3-8H2,1-2H3,(H,13,14). The molecule has 0 radical (unpaired) electrons. The van der Waals surface area contributed by atoms with E-state index < -0.39 is 0 Å². The van der Waals surface area contributed by atoms with Crippen LogP contribution in [0.1, 0.15) is 52.4 Å². The second-order valence-corrected chi connectivity index (χ2v) is 5.67. The van der Waals surface area contributed by atoms with Crippen molar-refractivity contribution in [2.45, 2.75) is 58.4 Å². The van der Waals surface area contributed by atoms with Crippen molar-refractivity contribution in [3.8, 4) is 0 Å². The number of carbonyl (C=O) groups is 1. The van der Waals surface area contributed by atoms with Crippen molar-refractivity contribution in [2.75, 3.05) is 0 Å². The Hall–Kier alpha value is -0.530. The van der Waals surface area contributed by atoms with Crippen molar-refractivity contribution in [1.82, 2.24) is 5.32 Å². The molecule has 0 spiro atoms. The molecule has 2 atom stereocenters. The van der Waals surface area contributed by atoms with Crippen LogP contribution in [0.25, 0.3) is 0 Å². The van der Waals surface area contributed by atoms with Crippen LogP contribution >= 0.6 is 0 Å². The van der Waals surface area contributed by atoms with Crippen molar-refractivity contribution in [2.24, 2.45) is 11.3 Å². The monoisotopic (exact) mass is 195 g/mol. The van der Waals surface area contributed by atoms with Gasteiger partial charge in [0.05, 0.1) is 0 Å². The van der Waals surface area contributed by atoms with Crippen LogP contribution < -0.4 is 5.32 Å². The summed E-state index contributed by atoms with van der Waals surface area (Å²) in [5.74, 6) is 1.08. The minimum Gasteiger partial charge on any atom is -0.353 e. The van der Waals surface area contributed by atoms with E-state index in [0.717, 1.165) is 12.3 Å². The van der Waals surface area contributed by atoms with Gasteiger partial charge in [-0.15, -0.1) is 0 Å². The fraction of sp³-hybridized carbons (Fsp3) is 0.917. The Labute approximate surface area is 86.5 Å². The Morgan fingerprint density at radius 3 is 2.64 bits per heavy atom. The molecule has 0 aromatic heterocycles. The average molecular weight is 195 g/mol. The first-order valence-electron chi connectivity index (χ1n) is 5.87. The molecule has 2 fully saturated rings. The molecule has 0 aromatic rings. The van der Waals surface area contributed by atoms with Crippen molar-refractivity contribution in [3.63, 3.8) is 0 Å². The molecule has 0 saturated heterocycles. The smallest absolute Gasteiger partial charge is 0.220 e. The first-order valence-corrected chi connectivity index (χ1v) is 5.87. The molecule has 2 aliphatic rings. The highest BCUT2D eigenvalue weighted by atomic mass is 16.1. The van der Waals surface area contributed by atoms with Crippen molar-refractivity contribution >= 4 is 5.91 Å². The normalized spacial score (nSPS) is 34.1. The highest BCUT2D eigenvalue weighted by Crippen LogP contribution is 2.48. The van der Waals surface area contributed by atoms with E-state index in [9.17, 15) is 4.79 Å². The second-order valence-electron chi connectivity index (χ2n) is 5.67. The number of carbonyl (C=O) groups excluding carboxylic acids is 1. The molecule has 2 unspecified atom stereocenters. The SMILES string of the molecule is CC1CCC(NC(=O)CC2(C)CC2)C1. The third-order valence-corrected chi connectivity index (χ3v) is 3.75. The van der Waals surface area contributed by atoms with Gasteiger partial charge in [-0.05, 0) is 43.4 Å². The van der Waals surface area contributed by atoms with Crippen LogP contribution in [-0.4, -0.2) is 11.9 Å². The van der Waals surface area contributed by atoms with Gasteiger partial charge in [-0.3, -0.25) is 4.79 Å².